The summed E-state index contributed by atoms with van der Waals surface area (Å²) < 4.78 is 14.2. The molecule has 3 rings (SSSR count). The Hall–Kier alpha value is -3.07. The molecule has 0 fully saturated rings. The van der Waals surface area contributed by atoms with E-state index in [-0.39, 0.29) is 0 Å². The number of pyridine rings is 1. The molecular formula is C26H30NO2+. The van der Waals surface area contributed by atoms with E-state index in [4.69, 9.17) is 9.47 Å². The molecule has 3 heteroatoms. The molecule has 0 saturated heterocycles. The van der Waals surface area contributed by atoms with Gasteiger partial charge in [-0.2, -0.15) is 4.57 Å². The van der Waals surface area contributed by atoms with E-state index >= 15 is 0 Å². The summed E-state index contributed by atoms with van der Waals surface area (Å²) >= 11 is 0. The lowest BCUT2D eigenvalue weighted by Crippen LogP contribution is -2.35. The number of hydrogen-bond donors (Lipinski definition) is 0. The molecule has 0 spiro atoms. The second kappa shape index (κ2) is 9.92. The topological polar surface area (TPSA) is 22.3 Å². The van der Waals surface area contributed by atoms with E-state index in [1.165, 1.54) is 5.56 Å². The highest BCUT2D eigenvalue weighted by Crippen LogP contribution is 2.35. The van der Waals surface area contributed by atoms with Crippen molar-refractivity contribution in [1.29, 1.82) is 0 Å². The van der Waals surface area contributed by atoms with E-state index in [9.17, 15) is 0 Å². The number of aromatic nitrogens is 1. The van der Waals surface area contributed by atoms with Crippen molar-refractivity contribution in [2.75, 3.05) is 7.11 Å². The molecule has 0 aliphatic rings. The normalized spacial score (nSPS) is 10.6. The molecule has 1 heterocycles. The van der Waals surface area contributed by atoms with Crippen LogP contribution in [0.2, 0.25) is 0 Å². The standard InChI is InChI=1S/C26H30NO2/c1-5-15-27-16-11-14-24(26(27)29-19-20-12-9-8-10-13-20)23-17-21(6-2)25(28-4)22(7-3)18-23/h6,8-14,16-18H,2,5,7,15,19H2,1,3-4H3/q+1. The molecule has 3 aromatic rings. The number of benzene rings is 2. The van der Waals surface area contributed by atoms with Crippen LogP contribution in [-0.2, 0) is 19.6 Å². The van der Waals surface area contributed by atoms with E-state index in [0.29, 0.717) is 6.61 Å². The van der Waals surface area contributed by atoms with Crippen LogP contribution in [0.1, 0.15) is 37.0 Å². The lowest BCUT2D eigenvalue weighted by atomic mass is 9.97. The molecule has 3 nitrogen and oxygen atoms in total. The van der Waals surface area contributed by atoms with Crippen LogP contribution in [0.25, 0.3) is 17.2 Å². The van der Waals surface area contributed by atoms with Crippen LogP contribution in [0.4, 0.5) is 0 Å². The van der Waals surface area contributed by atoms with Crippen LogP contribution in [-0.4, -0.2) is 7.11 Å². The zero-order valence-corrected chi connectivity index (χ0v) is 17.7. The Bertz CT molecular complexity index is 964. The summed E-state index contributed by atoms with van der Waals surface area (Å²) in [6.45, 7) is 9.74. The predicted molar refractivity (Wildman–Crippen MR) is 119 cm³/mol. The van der Waals surface area contributed by atoms with Gasteiger partial charge in [-0.1, -0.05) is 56.8 Å². The summed E-state index contributed by atoms with van der Waals surface area (Å²) in [6, 6.07) is 18.8. The largest absolute Gasteiger partial charge is 0.496 e. The van der Waals surface area contributed by atoms with Crippen molar-refractivity contribution in [3.05, 3.63) is 84.1 Å². The predicted octanol–water partition coefficient (Wildman–Crippen LogP) is 5.84. The molecule has 0 saturated carbocycles. The van der Waals surface area contributed by atoms with E-state index in [1.54, 1.807) is 7.11 Å². The highest BCUT2D eigenvalue weighted by Gasteiger charge is 2.21. The average Bonchev–Trinajstić information content (AvgIpc) is 2.77. The van der Waals surface area contributed by atoms with Gasteiger partial charge in [0.2, 0.25) is 0 Å². The molecule has 0 bridgehead atoms. The van der Waals surface area contributed by atoms with Gasteiger partial charge in [0.25, 0.3) is 0 Å². The summed E-state index contributed by atoms with van der Waals surface area (Å²) in [4.78, 5) is 0. The minimum absolute atomic E-state index is 0.534. The van der Waals surface area contributed by atoms with Gasteiger partial charge in [0.15, 0.2) is 12.7 Å². The third-order valence-electron chi connectivity index (χ3n) is 5.01. The van der Waals surface area contributed by atoms with Crippen molar-refractivity contribution in [2.45, 2.75) is 39.8 Å². The van der Waals surface area contributed by atoms with Crippen LogP contribution >= 0.6 is 0 Å². The molecule has 0 unspecified atom stereocenters. The van der Waals surface area contributed by atoms with Gasteiger partial charge in [-0.15, -0.1) is 0 Å². The minimum atomic E-state index is 0.534. The molecule has 0 N–H and O–H groups in total. The van der Waals surface area contributed by atoms with Gasteiger partial charge < -0.3 is 9.47 Å². The molecule has 2 aromatic carbocycles. The van der Waals surface area contributed by atoms with E-state index in [2.05, 4.69) is 67.6 Å². The zero-order chi connectivity index (χ0) is 20.6. The summed E-state index contributed by atoms with van der Waals surface area (Å²) in [7, 11) is 1.72. The van der Waals surface area contributed by atoms with Crippen LogP contribution in [0.5, 0.6) is 11.6 Å². The maximum Gasteiger partial charge on any atom is 0.376 e. The molecule has 0 radical (unpaired) electrons. The molecule has 0 amide bonds. The highest BCUT2D eigenvalue weighted by molar-refractivity contribution is 5.74. The number of nitrogens with zero attached hydrogens (tertiary/aromatic N) is 1. The maximum atomic E-state index is 6.37. The Morgan fingerprint density at radius 3 is 2.48 bits per heavy atom. The first kappa shape index (κ1) is 20.7. The summed E-state index contributed by atoms with van der Waals surface area (Å²) in [6.07, 6.45) is 5.87. The molecule has 29 heavy (non-hydrogen) atoms. The van der Waals surface area contributed by atoms with Crippen molar-refractivity contribution in [3.63, 3.8) is 0 Å². The summed E-state index contributed by atoms with van der Waals surface area (Å²) in [5.74, 6) is 1.79. The second-order valence-corrected chi connectivity index (χ2v) is 7.01. The first-order valence-electron chi connectivity index (χ1n) is 10.2. The Morgan fingerprint density at radius 2 is 1.83 bits per heavy atom. The molecule has 150 valence electrons. The third-order valence-corrected chi connectivity index (χ3v) is 5.01. The first-order valence-corrected chi connectivity index (χ1v) is 10.2. The summed E-state index contributed by atoms with van der Waals surface area (Å²) in [5.41, 5.74) is 5.52. The average molecular weight is 389 g/mol. The second-order valence-electron chi connectivity index (χ2n) is 7.01. The number of rotatable bonds is 9. The van der Waals surface area contributed by atoms with Gasteiger partial charge in [-0.05, 0) is 41.3 Å². The van der Waals surface area contributed by atoms with Crippen LogP contribution in [0.15, 0.2) is 67.4 Å². The van der Waals surface area contributed by atoms with Crippen LogP contribution in [0, 0.1) is 0 Å². The fourth-order valence-electron chi connectivity index (χ4n) is 3.59. The fourth-order valence-corrected chi connectivity index (χ4v) is 3.59. The Kier molecular flexibility index (Phi) is 7.07. The summed E-state index contributed by atoms with van der Waals surface area (Å²) in [5, 5.41) is 0. The van der Waals surface area contributed by atoms with Crippen molar-refractivity contribution in [1.82, 2.24) is 0 Å². The van der Waals surface area contributed by atoms with Crippen molar-refractivity contribution < 1.29 is 14.0 Å². The lowest BCUT2D eigenvalue weighted by molar-refractivity contribution is -0.701. The van der Waals surface area contributed by atoms with E-state index in [1.807, 2.05) is 24.3 Å². The number of ether oxygens (including phenoxy) is 2. The van der Waals surface area contributed by atoms with Crippen molar-refractivity contribution in [3.8, 4) is 22.8 Å². The van der Waals surface area contributed by atoms with Crippen LogP contribution in [0.3, 0.4) is 0 Å². The van der Waals surface area contributed by atoms with Gasteiger partial charge in [-0.3, -0.25) is 0 Å². The zero-order valence-electron chi connectivity index (χ0n) is 17.7. The van der Waals surface area contributed by atoms with Gasteiger partial charge in [-0.25, -0.2) is 0 Å². The molecule has 1 aromatic heterocycles. The monoisotopic (exact) mass is 388 g/mol. The first-order chi connectivity index (χ1) is 14.2. The van der Waals surface area contributed by atoms with Crippen molar-refractivity contribution in [2.24, 2.45) is 0 Å². The number of hydrogen-bond acceptors (Lipinski definition) is 2. The molecule has 0 aliphatic carbocycles. The van der Waals surface area contributed by atoms with Gasteiger partial charge in [0.05, 0.1) is 12.7 Å². The van der Waals surface area contributed by atoms with Gasteiger partial charge in [0, 0.05) is 18.1 Å². The minimum Gasteiger partial charge on any atom is -0.496 e. The molecular weight excluding hydrogens is 358 g/mol. The van der Waals surface area contributed by atoms with Gasteiger partial charge in [0.1, 0.15) is 12.4 Å². The fraction of sp³-hybridized carbons (Fsp3) is 0.269. The SMILES string of the molecule is C=Cc1cc(-c2ccc[n+](CCC)c2OCc2ccccc2)cc(CC)c1OC. The van der Waals surface area contributed by atoms with Gasteiger partial charge >= 0.3 is 5.88 Å². The Labute approximate surface area is 174 Å². The Morgan fingerprint density at radius 1 is 1.03 bits per heavy atom. The van der Waals surface area contributed by atoms with E-state index in [0.717, 1.165) is 53.3 Å². The number of methoxy groups -OCH3 is 1. The molecule has 0 aliphatic heterocycles. The lowest BCUT2D eigenvalue weighted by Gasteiger charge is -2.15. The molecule has 0 atom stereocenters. The quantitative estimate of drug-likeness (QED) is 0.429. The highest BCUT2D eigenvalue weighted by atomic mass is 16.5. The third kappa shape index (κ3) is 4.68. The smallest absolute Gasteiger partial charge is 0.376 e. The Balaban J connectivity index is 2.09. The number of aryl methyl sites for hydroxylation is 2. The maximum absolute atomic E-state index is 6.37. The van der Waals surface area contributed by atoms with Crippen molar-refractivity contribution >= 4 is 6.08 Å². The van der Waals surface area contributed by atoms with E-state index < -0.39 is 0 Å². The van der Waals surface area contributed by atoms with Crippen LogP contribution < -0.4 is 14.0 Å².